The predicted octanol–water partition coefficient (Wildman–Crippen LogP) is 4.69. The standard InChI is InChI=1S/C15H13BrN2O/c1-2-17-12-6-7-13-14(9-12)19-15(18-13)10-4-3-5-11(16)8-10/h3-9,17H,2H2,1H3. The SMILES string of the molecule is CCNc1ccc2nc(-c3cccc(Br)c3)oc2c1. The summed E-state index contributed by atoms with van der Waals surface area (Å²) in [5.41, 5.74) is 3.69. The summed E-state index contributed by atoms with van der Waals surface area (Å²) in [5, 5.41) is 3.26. The van der Waals surface area contributed by atoms with E-state index in [1.807, 2.05) is 42.5 Å². The van der Waals surface area contributed by atoms with Crippen molar-refractivity contribution >= 4 is 32.7 Å². The first-order valence-electron chi connectivity index (χ1n) is 6.16. The number of fused-ring (bicyclic) bond motifs is 1. The zero-order chi connectivity index (χ0) is 13.2. The molecule has 96 valence electrons. The van der Waals surface area contributed by atoms with E-state index in [4.69, 9.17) is 4.42 Å². The number of nitrogens with one attached hydrogen (secondary N) is 1. The fourth-order valence-electron chi connectivity index (χ4n) is 1.98. The first-order valence-corrected chi connectivity index (χ1v) is 6.96. The molecule has 3 rings (SSSR count). The van der Waals surface area contributed by atoms with Gasteiger partial charge in [-0.25, -0.2) is 4.98 Å². The monoisotopic (exact) mass is 316 g/mol. The van der Waals surface area contributed by atoms with Gasteiger partial charge in [0.1, 0.15) is 5.52 Å². The zero-order valence-corrected chi connectivity index (χ0v) is 12.1. The van der Waals surface area contributed by atoms with Gasteiger partial charge in [0.05, 0.1) is 0 Å². The molecule has 0 atom stereocenters. The third-order valence-corrected chi connectivity index (χ3v) is 3.33. The van der Waals surface area contributed by atoms with Crippen LogP contribution in [-0.2, 0) is 0 Å². The number of oxazole rings is 1. The molecule has 0 unspecified atom stereocenters. The van der Waals surface area contributed by atoms with Gasteiger partial charge in [-0.15, -0.1) is 0 Å². The Morgan fingerprint density at radius 1 is 1.21 bits per heavy atom. The van der Waals surface area contributed by atoms with E-state index in [2.05, 4.69) is 33.2 Å². The van der Waals surface area contributed by atoms with Crippen molar-refractivity contribution in [2.75, 3.05) is 11.9 Å². The molecule has 1 heterocycles. The molecular formula is C15H13BrN2O. The van der Waals surface area contributed by atoms with Crippen LogP contribution in [0.1, 0.15) is 6.92 Å². The van der Waals surface area contributed by atoms with Crippen molar-refractivity contribution in [1.82, 2.24) is 4.98 Å². The summed E-state index contributed by atoms with van der Waals surface area (Å²) >= 11 is 3.46. The third kappa shape index (κ3) is 2.49. The van der Waals surface area contributed by atoms with Gasteiger partial charge in [-0.1, -0.05) is 22.0 Å². The molecule has 0 aliphatic heterocycles. The smallest absolute Gasteiger partial charge is 0.227 e. The largest absolute Gasteiger partial charge is 0.436 e. The highest BCUT2D eigenvalue weighted by Crippen LogP contribution is 2.27. The quantitative estimate of drug-likeness (QED) is 0.761. The summed E-state index contributed by atoms with van der Waals surface area (Å²) < 4.78 is 6.84. The Morgan fingerprint density at radius 2 is 2.11 bits per heavy atom. The molecule has 0 amide bonds. The second kappa shape index (κ2) is 5.05. The zero-order valence-electron chi connectivity index (χ0n) is 10.5. The Kier molecular flexibility index (Phi) is 3.25. The minimum atomic E-state index is 0.643. The number of nitrogens with zero attached hydrogens (tertiary/aromatic N) is 1. The molecule has 0 bridgehead atoms. The third-order valence-electron chi connectivity index (χ3n) is 2.84. The van der Waals surface area contributed by atoms with Crippen molar-refractivity contribution in [3.05, 3.63) is 46.9 Å². The Bertz CT molecular complexity index is 721. The van der Waals surface area contributed by atoms with Crippen molar-refractivity contribution in [3.8, 4) is 11.5 Å². The lowest BCUT2D eigenvalue weighted by Gasteiger charge is -2.00. The molecule has 0 saturated carbocycles. The van der Waals surface area contributed by atoms with Crippen molar-refractivity contribution in [1.29, 1.82) is 0 Å². The molecule has 0 fully saturated rings. The molecule has 3 nitrogen and oxygen atoms in total. The maximum Gasteiger partial charge on any atom is 0.227 e. The van der Waals surface area contributed by atoms with Gasteiger partial charge in [-0.05, 0) is 37.3 Å². The average molecular weight is 317 g/mol. The number of aromatic nitrogens is 1. The maximum atomic E-state index is 5.82. The first-order chi connectivity index (χ1) is 9.26. The Morgan fingerprint density at radius 3 is 2.89 bits per heavy atom. The van der Waals surface area contributed by atoms with E-state index in [0.717, 1.165) is 33.4 Å². The van der Waals surface area contributed by atoms with E-state index < -0.39 is 0 Å². The topological polar surface area (TPSA) is 38.1 Å². The van der Waals surface area contributed by atoms with E-state index in [1.54, 1.807) is 0 Å². The van der Waals surface area contributed by atoms with Gasteiger partial charge in [-0.3, -0.25) is 0 Å². The summed E-state index contributed by atoms with van der Waals surface area (Å²) in [4.78, 5) is 4.51. The molecule has 0 radical (unpaired) electrons. The summed E-state index contributed by atoms with van der Waals surface area (Å²) in [7, 11) is 0. The number of rotatable bonds is 3. The number of halogens is 1. The maximum absolute atomic E-state index is 5.82. The van der Waals surface area contributed by atoms with Crippen LogP contribution in [0.15, 0.2) is 51.4 Å². The number of hydrogen-bond acceptors (Lipinski definition) is 3. The van der Waals surface area contributed by atoms with E-state index in [1.165, 1.54) is 0 Å². The molecule has 1 N–H and O–H groups in total. The Hall–Kier alpha value is -1.81. The fourth-order valence-corrected chi connectivity index (χ4v) is 2.38. The molecule has 19 heavy (non-hydrogen) atoms. The highest BCUT2D eigenvalue weighted by Gasteiger charge is 2.08. The lowest BCUT2D eigenvalue weighted by atomic mass is 10.2. The van der Waals surface area contributed by atoms with E-state index in [0.29, 0.717) is 5.89 Å². The average Bonchev–Trinajstić information content (AvgIpc) is 2.82. The van der Waals surface area contributed by atoms with Gasteiger partial charge in [0.2, 0.25) is 5.89 Å². The molecule has 4 heteroatoms. The van der Waals surface area contributed by atoms with Gasteiger partial charge < -0.3 is 9.73 Å². The molecule has 3 aromatic rings. The van der Waals surface area contributed by atoms with Gasteiger partial charge in [0, 0.05) is 28.3 Å². The van der Waals surface area contributed by atoms with Gasteiger partial charge in [0.25, 0.3) is 0 Å². The summed E-state index contributed by atoms with van der Waals surface area (Å²) in [6.45, 7) is 2.95. The number of hydrogen-bond donors (Lipinski definition) is 1. The van der Waals surface area contributed by atoms with Crippen molar-refractivity contribution in [3.63, 3.8) is 0 Å². The van der Waals surface area contributed by atoms with E-state index >= 15 is 0 Å². The molecular weight excluding hydrogens is 304 g/mol. The van der Waals surface area contributed by atoms with Crippen LogP contribution in [0.5, 0.6) is 0 Å². The van der Waals surface area contributed by atoms with Crippen molar-refractivity contribution in [2.45, 2.75) is 6.92 Å². The molecule has 0 spiro atoms. The fraction of sp³-hybridized carbons (Fsp3) is 0.133. The van der Waals surface area contributed by atoms with E-state index in [9.17, 15) is 0 Å². The number of anilines is 1. The molecule has 1 aromatic heterocycles. The summed E-state index contributed by atoms with van der Waals surface area (Å²) in [5.74, 6) is 0.643. The minimum absolute atomic E-state index is 0.643. The first kappa shape index (κ1) is 12.2. The van der Waals surface area contributed by atoms with Gasteiger partial charge >= 0.3 is 0 Å². The predicted molar refractivity (Wildman–Crippen MR) is 81.3 cm³/mol. The van der Waals surface area contributed by atoms with Crippen LogP contribution >= 0.6 is 15.9 Å². The normalized spacial score (nSPS) is 10.8. The molecule has 0 aliphatic carbocycles. The Balaban J connectivity index is 2.06. The summed E-state index contributed by atoms with van der Waals surface area (Å²) in [6.07, 6.45) is 0. The lowest BCUT2D eigenvalue weighted by molar-refractivity contribution is 0.620. The molecule has 2 aromatic carbocycles. The van der Waals surface area contributed by atoms with Crippen LogP contribution in [0, 0.1) is 0 Å². The molecule has 0 aliphatic rings. The van der Waals surface area contributed by atoms with Crippen LogP contribution in [0.4, 0.5) is 5.69 Å². The molecule has 0 saturated heterocycles. The van der Waals surface area contributed by atoms with Crippen LogP contribution in [0.25, 0.3) is 22.6 Å². The highest BCUT2D eigenvalue weighted by atomic mass is 79.9. The second-order valence-electron chi connectivity index (χ2n) is 4.24. The van der Waals surface area contributed by atoms with Crippen molar-refractivity contribution in [2.24, 2.45) is 0 Å². The number of benzene rings is 2. The van der Waals surface area contributed by atoms with E-state index in [-0.39, 0.29) is 0 Å². The summed E-state index contributed by atoms with van der Waals surface area (Å²) in [6, 6.07) is 13.9. The second-order valence-corrected chi connectivity index (χ2v) is 5.16. The van der Waals surface area contributed by atoms with Crippen LogP contribution in [0.3, 0.4) is 0 Å². The van der Waals surface area contributed by atoms with Crippen LogP contribution in [-0.4, -0.2) is 11.5 Å². The van der Waals surface area contributed by atoms with Crippen molar-refractivity contribution < 1.29 is 4.42 Å². The van der Waals surface area contributed by atoms with Crippen LogP contribution < -0.4 is 5.32 Å². The van der Waals surface area contributed by atoms with Gasteiger partial charge in [0.15, 0.2) is 5.58 Å². The highest BCUT2D eigenvalue weighted by molar-refractivity contribution is 9.10. The minimum Gasteiger partial charge on any atom is -0.436 e. The lowest BCUT2D eigenvalue weighted by Crippen LogP contribution is -1.95. The Labute approximate surface area is 119 Å². The van der Waals surface area contributed by atoms with Gasteiger partial charge in [-0.2, -0.15) is 0 Å². The van der Waals surface area contributed by atoms with Crippen LogP contribution in [0.2, 0.25) is 0 Å².